The van der Waals surface area contributed by atoms with Gasteiger partial charge in [-0.05, 0) is 63.1 Å². The topological polar surface area (TPSA) is 23.6 Å². The average molecular weight is 377 g/mol. The van der Waals surface area contributed by atoms with Gasteiger partial charge in [0.05, 0.1) is 5.92 Å². The minimum Gasteiger partial charge on any atom is -0.342 e. The van der Waals surface area contributed by atoms with Gasteiger partial charge in [0.1, 0.15) is 0 Å². The Balaban J connectivity index is 0.00000196. The molecule has 26 heavy (non-hydrogen) atoms. The molecule has 0 N–H and O–H groups in total. The molecule has 4 rings (SSSR count). The van der Waals surface area contributed by atoms with Crippen molar-refractivity contribution in [1.82, 2.24) is 9.80 Å². The second kappa shape index (κ2) is 9.23. The van der Waals surface area contributed by atoms with E-state index in [0.717, 1.165) is 25.9 Å². The Kier molecular flexibility index (Phi) is 6.99. The van der Waals surface area contributed by atoms with Crippen LogP contribution in [0, 0.1) is 5.92 Å². The average Bonchev–Trinajstić information content (AvgIpc) is 3.37. The van der Waals surface area contributed by atoms with Crippen molar-refractivity contribution < 1.29 is 4.79 Å². The Hall–Kier alpha value is -1.06. The molecule has 0 bridgehead atoms. The zero-order valence-corrected chi connectivity index (χ0v) is 16.6. The third-order valence-corrected chi connectivity index (χ3v) is 6.73. The molecule has 3 fully saturated rings. The second-order valence-corrected chi connectivity index (χ2v) is 8.23. The quantitative estimate of drug-likeness (QED) is 0.774. The highest BCUT2D eigenvalue weighted by Gasteiger charge is 2.36. The van der Waals surface area contributed by atoms with Crippen LogP contribution in [0.4, 0.5) is 0 Å². The lowest BCUT2D eigenvalue weighted by Gasteiger charge is -2.39. The molecule has 1 atom stereocenters. The van der Waals surface area contributed by atoms with E-state index in [2.05, 4.69) is 40.1 Å². The molecule has 2 heterocycles. The molecule has 1 aromatic rings. The van der Waals surface area contributed by atoms with E-state index in [9.17, 15) is 4.79 Å². The Morgan fingerprint density at radius 2 is 1.46 bits per heavy atom. The molecule has 1 aliphatic carbocycles. The van der Waals surface area contributed by atoms with Gasteiger partial charge < -0.3 is 9.80 Å². The fraction of sp³-hybridized carbons (Fsp3) is 0.682. The van der Waals surface area contributed by atoms with Gasteiger partial charge in [0.2, 0.25) is 5.91 Å². The number of benzene rings is 1. The van der Waals surface area contributed by atoms with Crippen molar-refractivity contribution in [3.8, 4) is 0 Å². The Bertz CT molecular complexity index is 559. The zero-order valence-electron chi connectivity index (χ0n) is 15.8. The first-order valence-corrected chi connectivity index (χ1v) is 10.4. The molecule has 0 spiro atoms. The summed E-state index contributed by atoms with van der Waals surface area (Å²) in [5.74, 6) is 1.04. The molecule has 3 aliphatic rings. The number of likely N-dealkylation sites (tertiary alicyclic amines) is 2. The summed E-state index contributed by atoms with van der Waals surface area (Å²) in [6, 6.07) is 11.3. The number of carbonyl (C=O) groups excluding carboxylic acids is 1. The second-order valence-electron chi connectivity index (χ2n) is 8.23. The van der Waals surface area contributed by atoms with E-state index in [1.807, 2.05) is 0 Å². The number of amides is 1. The molecular weight excluding hydrogens is 344 g/mol. The van der Waals surface area contributed by atoms with E-state index in [-0.39, 0.29) is 18.3 Å². The first-order valence-electron chi connectivity index (χ1n) is 10.4. The molecule has 4 heteroatoms. The molecule has 0 radical (unpaired) electrons. The first-order chi connectivity index (χ1) is 12.3. The number of nitrogens with zero attached hydrogens (tertiary/aromatic N) is 2. The van der Waals surface area contributed by atoms with E-state index in [0.29, 0.717) is 17.9 Å². The number of hydrogen-bond donors (Lipinski definition) is 0. The van der Waals surface area contributed by atoms with Crippen molar-refractivity contribution in [3.63, 3.8) is 0 Å². The van der Waals surface area contributed by atoms with E-state index in [1.54, 1.807) is 0 Å². The van der Waals surface area contributed by atoms with Gasteiger partial charge in [0.15, 0.2) is 0 Å². The number of rotatable bonds is 4. The number of hydrogen-bond acceptors (Lipinski definition) is 2. The summed E-state index contributed by atoms with van der Waals surface area (Å²) in [5.41, 5.74) is 1.24. The van der Waals surface area contributed by atoms with Crippen LogP contribution < -0.4 is 0 Å². The van der Waals surface area contributed by atoms with E-state index in [4.69, 9.17) is 0 Å². The smallest absolute Gasteiger partial charge is 0.230 e. The van der Waals surface area contributed by atoms with E-state index >= 15 is 0 Å². The lowest BCUT2D eigenvalue weighted by molar-refractivity contribution is -0.135. The van der Waals surface area contributed by atoms with Gasteiger partial charge in [-0.15, -0.1) is 12.4 Å². The van der Waals surface area contributed by atoms with Crippen LogP contribution in [0.1, 0.15) is 62.8 Å². The van der Waals surface area contributed by atoms with Crippen LogP contribution in [0.5, 0.6) is 0 Å². The van der Waals surface area contributed by atoms with Crippen molar-refractivity contribution >= 4 is 18.3 Å². The molecule has 0 aromatic heterocycles. The summed E-state index contributed by atoms with van der Waals surface area (Å²) in [6.07, 6.45) is 10.1. The summed E-state index contributed by atoms with van der Waals surface area (Å²) < 4.78 is 0. The first kappa shape index (κ1) is 19.7. The molecule has 1 saturated carbocycles. The van der Waals surface area contributed by atoms with Crippen LogP contribution in [-0.2, 0) is 4.79 Å². The van der Waals surface area contributed by atoms with Crippen LogP contribution in [0.25, 0.3) is 0 Å². The van der Waals surface area contributed by atoms with Crippen LogP contribution in [0.2, 0.25) is 0 Å². The van der Waals surface area contributed by atoms with Crippen LogP contribution >= 0.6 is 12.4 Å². The monoisotopic (exact) mass is 376 g/mol. The summed E-state index contributed by atoms with van der Waals surface area (Å²) in [4.78, 5) is 18.3. The highest BCUT2D eigenvalue weighted by atomic mass is 35.5. The zero-order chi connectivity index (χ0) is 17.1. The van der Waals surface area contributed by atoms with Gasteiger partial charge in [0, 0.05) is 19.1 Å². The minimum atomic E-state index is 0. The summed E-state index contributed by atoms with van der Waals surface area (Å²) in [5, 5.41) is 0. The molecule has 2 saturated heterocycles. The molecule has 1 aromatic carbocycles. The van der Waals surface area contributed by atoms with Crippen molar-refractivity contribution in [3.05, 3.63) is 35.9 Å². The highest BCUT2D eigenvalue weighted by Crippen LogP contribution is 2.39. The number of halogens is 1. The van der Waals surface area contributed by atoms with E-state index in [1.165, 1.54) is 57.2 Å². The van der Waals surface area contributed by atoms with Crippen LogP contribution in [0.15, 0.2) is 30.3 Å². The molecular formula is C22H33ClN2O. The predicted molar refractivity (Wildman–Crippen MR) is 109 cm³/mol. The van der Waals surface area contributed by atoms with Gasteiger partial charge >= 0.3 is 0 Å². The molecule has 1 unspecified atom stereocenters. The summed E-state index contributed by atoms with van der Waals surface area (Å²) in [7, 11) is 0. The normalized spacial score (nSPS) is 23.8. The fourth-order valence-electron chi connectivity index (χ4n) is 5.32. The van der Waals surface area contributed by atoms with Gasteiger partial charge in [-0.25, -0.2) is 0 Å². The van der Waals surface area contributed by atoms with Gasteiger partial charge in [-0.3, -0.25) is 4.79 Å². The van der Waals surface area contributed by atoms with Crippen molar-refractivity contribution in [1.29, 1.82) is 0 Å². The fourth-order valence-corrected chi connectivity index (χ4v) is 5.32. The maximum Gasteiger partial charge on any atom is 0.230 e. The van der Waals surface area contributed by atoms with Gasteiger partial charge in [0.25, 0.3) is 0 Å². The lowest BCUT2D eigenvalue weighted by Crippen LogP contribution is -2.47. The standard InChI is InChI=1S/C22H32N2O.ClH/c25-22(24-16-12-20(13-17-24)23-14-6-7-15-23)21(19-10-4-5-11-19)18-8-2-1-3-9-18;/h1-3,8-9,19-21H,4-7,10-17H2;1H. The lowest BCUT2D eigenvalue weighted by atomic mass is 9.83. The van der Waals surface area contributed by atoms with Crippen molar-refractivity contribution in [2.75, 3.05) is 26.2 Å². The Labute approximate surface area is 164 Å². The molecule has 2 aliphatic heterocycles. The van der Waals surface area contributed by atoms with Crippen molar-refractivity contribution in [2.45, 2.75) is 63.3 Å². The molecule has 144 valence electrons. The minimum absolute atomic E-state index is 0. The third-order valence-electron chi connectivity index (χ3n) is 6.73. The van der Waals surface area contributed by atoms with Crippen LogP contribution in [0.3, 0.4) is 0 Å². The van der Waals surface area contributed by atoms with Gasteiger partial charge in [-0.2, -0.15) is 0 Å². The van der Waals surface area contributed by atoms with Crippen molar-refractivity contribution in [2.24, 2.45) is 5.92 Å². The summed E-state index contributed by atoms with van der Waals surface area (Å²) >= 11 is 0. The highest BCUT2D eigenvalue weighted by molar-refractivity contribution is 5.85. The Morgan fingerprint density at radius 1 is 0.846 bits per heavy atom. The largest absolute Gasteiger partial charge is 0.342 e. The maximum absolute atomic E-state index is 13.4. The maximum atomic E-state index is 13.4. The molecule has 1 amide bonds. The third kappa shape index (κ3) is 4.26. The number of carbonyl (C=O) groups is 1. The van der Waals surface area contributed by atoms with Crippen LogP contribution in [-0.4, -0.2) is 47.9 Å². The Morgan fingerprint density at radius 3 is 2.08 bits per heavy atom. The number of piperidine rings is 1. The summed E-state index contributed by atoms with van der Waals surface area (Å²) in [6.45, 7) is 4.45. The van der Waals surface area contributed by atoms with E-state index < -0.39 is 0 Å². The SMILES string of the molecule is Cl.O=C(C(c1ccccc1)C1CCCC1)N1CCC(N2CCCC2)CC1. The van der Waals surface area contributed by atoms with Gasteiger partial charge in [-0.1, -0.05) is 43.2 Å². The molecule has 3 nitrogen and oxygen atoms in total. The predicted octanol–water partition coefficient (Wildman–Crippen LogP) is 4.47.